The molecule has 0 unspecified atom stereocenters. The summed E-state index contributed by atoms with van der Waals surface area (Å²) in [5.74, 6) is -3.50. The van der Waals surface area contributed by atoms with Crippen LogP contribution in [0.1, 0.15) is 36.6 Å². The number of aryl methyl sites for hydroxylation is 1. The second kappa shape index (κ2) is 16.4. The first-order valence-corrected chi connectivity index (χ1v) is 16.2. The van der Waals surface area contributed by atoms with Crippen molar-refractivity contribution in [2.45, 2.75) is 21.6 Å². The molecule has 16 nitrogen and oxygen atoms in total. The van der Waals surface area contributed by atoms with E-state index in [1.54, 1.807) is 13.0 Å². The van der Waals surface area contributed by atoms with Crippen molar-refractivity contribution in [3.63, 3.8) is 0 Å². The van der Waals surface area contributed by atoms with Gasteiger partial charge in [0.05, 0.1) is 31.5 Å². The number of aromatic carboxylic acids is 1. The quantitative estimate of drug-likeness (QED) is 0.0741. The molecule has 0 aliphatic carbocycles. The number of fused-ring (bicyclic) bond motifs is 1. The van der Waals surface area contributed by atoms with Gasteiger partial charge in [-0.25, -0.2) is 30.0 Å². The van der Waals surface area contributed by atoms with Gasteiger partial charge in [-0.2, -0.15) is 0 Å². The van der Waals surface area contributed by atoms with Crippen LogP contribution in [0.15, 0.2) is 75.4 Å². The van der Waals surface area contributed by atoms with E-state index in [0.29, 0.717) is 12.1 Å². The Morgan fingerprint density at radius 3 is 1.79 bits per heavy atom. The number of benzene rings is 4. The fraction of sp³-hybridized carbons (Fsp3) is 0.0385. The molecule has 236 valence electrons. The summed E-state index contributed by atoms with van der Waals surface area (Å²) in [6.45, 7) is 1.73. The molecule has 0 aromatic heterocycles. The molecule has 0 aliphatic heterocycles. The van der Waals surface area contributed by atoms with E-state index >= 15 is 0 Å². The van der Waals surface area contributed by atoms with E-state index in [9.17, 15) is 58.4 Å². The summed E-state index contributed by atoms with van der Waals surface area (Å²) in [7, 11) is -16.7. The van der Waals surface area contributed by atoms with Gasteiger partial charge in [-0.3, -0.25) is 9.59 Å². The Labute approximate surface area is 340 Å². The zero-order valence-corrected chi connectivity index (χ0v) is 33.9. The summed E-state index contributed by atoms with van der Waals surface area (Å²) < 4.78 is 107. The molecular formula is C26H18N3Na3O13S3. The molecule has 2 amide bonds. The van der Waals surface area contributed by atoms with Crippen LogP contribution >= 0.6 is 0 Å². The van der Waals surface area contributed by atoms with Gasteiger partial charge >= 0.3 is 94.6 Å². The molecule has 0 spiro atoms. The predicted octanol–water partition coefficient (Wildman–Crippen LogP) is -7.34. The van der Waals surface area contributed by atoms with Gasteiger partial charge in [0.15, 0.2) is 0 Å². The van der Waals surface area contributed by atoms with Crippen molar-refractivity contribution in [3.8, 4) is 0 Å². The van der Waals surface area contributed by atoms with E-state index in [4.69, 9.17) is 5.73 Å². The fourth-order valence-corrected chi connectivity index (χ4v) is 6.30. The Morgan fingerprint density at radius 1 is 0.688 bits per heavy atom. The van der Waals surface area contributed by atoms with Crippen molar-refractivity contribution in [2.24, 2.45) is 0 Å². The number of nitrogens with one attached hydrogen (secondary N) is 2. The number of carbonyl (C=O) groups excluding carboxylic acids is 2. The van der Waals surface area contributed by atoms with Gasteiger partial charge in [-0.1, -0.05) is 6.07 Å². The van der Waals surface area contributed by atoms with Crippen molar-refractivity contribution >= 4 is 76.0 Å². The number of carboxylic acids is 1. The number of nitrogen functional groups attached to an aromatic ring is 1. The first-order chi connectivity index (χ1) is 20.7. The van der Waals surface area contributed by atoms with E-state index < -0.39 is 90.4 Å². The van der Waals surface area contributed by atoms with E-state index in [2.05, 4.69) is 10.6 Å². The summed E-state index contributed by atoms with van der Waals surface area (Å²) in [6, 6.07) is 9.19. The number of anilines is 3. The molecule has 0 saturated heterocycles. The maximum atomic E-state index is 13.3. The van der Waals surface area contributed by atoms with Crippen LogP contribution in [0.3, 0.4) is 0 Å². The van der Waals surface area contributed by atoms with E-state index in [1.807, 2.05) is 0 Å². The average Bonchev–Trinajstić information content (AvgIpc) is 2.90. The Morgan fingerprint density at radius 2 is 1.27 bits per heavy atom. The molecule has 48 heavy (non-hydrogen) atoms. The Balaban J connectivity index is 0.00000384. The van der Waals surface area contributed by atoms with Gasteiger partial charge in [0.25, 0.3) is 11.8 Å². The molecule has 0 atom stereocenters. The molecule has 0 aliphatic rings. The summed E-state index contributed by atoms with van der Waals surface area (Å²) >= 11 is 0. The number of hydrogen-bond acceptors (Lipinski definition) is 13. The smallest absolute Gasteiger partial charge is 0.744 e. The minimum atomic E-state index is -5.71. The van der Waals surface area contributed by atoms with Crippen LogP contribution in [0, 0.1) is 6.92 Å². The first-order valence-electron chi connectivity index (χ1n) is 12.0. The Hall–Kier alpha value is -1.92. The van der Waals surface area contributed by atoms with Crippen molar-refractivity contribution < 1.29 is 147 Å². The first kappa shape index (κ1) is 44.1. The third kappa shape index (κ3) is 10.1. The minimum Gasteiger partial charge on any atom is -0.744 e. The van der Waals surface area contributed by atoms with Crippen LogP contribution < -0.4 is 105 Å². The van der Waals surface area contributed by atoms with Crippen molar-refractivity contribution in [1.29, 1.82) is 0 Å². The number of hydrogen-bond donors (Lipinski definition) is 4. The minimum absolute atomic E-state index is 0. The SMILES string of the molecule is Cc1ccc(C(=O)Nc2cc(C(=O)O)cc(C(=O)Nc3ccc(S(=O)(=O)[O-])c4cc(S(=O)(=O)[O-])cc(S(=O)(=O)[O-])c34)c2)c(N)c1.[Na+].[Na+].[Na+]. The van der Waals surface area contributed by atoms with E-state index in [1.165, 1.54) is 12.1 Å². The summed E-state index contributed by atoms with van der Waals surface area (Å²) in [5.41, 5.74) is 4.96. The molecule has 0 radical (unpaired) electrons. The Kier molecular flexibility index (Phi) is 15.1. The maximum absolute atomic E-state index is 13.3. The van der Waals surface area contributed by atoms with Gasteiger partial charge in [-0.05, 0) is 67.1 Å². The van der Waals surface area contributed by atoms with Crippen molar-refractivity contribution in [2.75, 3.05) is 16.4 Å². The topological polar surface area (TPSA) is 293 Å². The molecular weight excluding hydrogens is 727 g/mol. The second-order valence-electron chi connectivity index (χ2n) is 9.42. The summed E-state index contributed by atoms with van der Waals surface area (Å²) in [4.78, 5) is 33.9. The molecule has 0 bridgehead atoms. The van der Waals surface area contributed by atoms with Gasteiger partial charge in [0.1, 0.15) is 30.4 Å². The van der Waals surface area contributed by atoms with Gasteiger partial charge in [0, 0.05) is 27.7 Å². The van der Waals surface area contributed by atoms with Crippen LogP contribution in [-0.2, 0) is 30.4 Å². The van der Waals surface area contributed by atoms with Crippen LogP contribution in [0.5, 0.6) is 0 Å². The average molecular weight is 746 g/mol. The van der Waals surface area contributed by atoms with E-state index in [0.717, 1.165) is 29.8 Å². The molecule has 5 N–H and O–H groups in total. The fourth-order valence-electron chi connectivity index (χ4n) is 4.29. The summed E-state index contributed by atoms with van der Waals surface area (Å²) in [6.07, 6.45) is 0. The molecule has 4 aromatic carbocycles. The number of carbonyl (C=O) groups is 3. The predicted molar refractivity (Wildman–Crippen MR) is 153 cm³/mol. The van der Waals surface area contributed by atoms with Crippen LogP contribution in [-0.4, -0.2) is 61.8 Å². The van der Waals surface area contributed by atoms with Crippen molar-refractivity contribution in [3.05, 3.63) is 82.9 Å². The monoisotopic (exact) mass is 745 g/mol. The molecule has 0 fully saturated rings. The summed E-state index contributed by atoms with van der Waals surface area (Å²) in [5, 5.41) is 12.2. The van der Waals surface area contributed by atoms with Crippen LogP contribution in [0.4, 0.5) is 17.1 Å². The second-order valence-corrected chi connectivity index (χ2v) is 13.5. The number of rotatable bonds is 8. The number of amides is 2. The molecule has 0 saturated carbocycles. The van der Waals surface area contributed by atoms with Gasteiger partial charge in [0.2, 0.25) is 0 Å². The number of nitrogens with two attached hydrogens (primary N) is 1. The third-order valence-electron chi connectivity index (χ3n) is 6.24. The largest absolute Gasteiger partial charge is 1.00 e. The maximum Gasteiger partial charge on any atom is 1.00 e. The number of carboxylic acid groups (broad SMARTS) is 1. The zero-order valence-electron chi connectivity index (χ0n) is 25.4. The zero-order chi connectivity index (χ0) is 33.6. The normalized spacial score (nSPS) is 11.3. The Bertz CT molecular complexity index is 2300. The molecule has 22 heteroatoms. The van der Waals surface area contributed by atoms with Crippen LogP contribution in [0.25, 0.3) is 10.8 Å². The van der Waals surface area contributed by atoms with Gasteiger partial charge in [-0.15, -0.1) is 0 Å². The molecule has 0 heterocycles. The third-order valence-corrected chi connectivity index (χ3v) is 8.81. The van der Waals surface area contributed by atoms with E-state index in [-0.39, 0.29) is 112 Å². The standard InChI is InChI=1S/C26H21N3O13S3.3Na/c1-12-2-3-17(19(27)6-12)25(31)28-15-8-13(7-14(9-15)26(32)33)24(30)29-20-4-5-21(44(37,38)39)18-10-16(43(34,35)36)11-22(23(18)20)45(40,41)42;;;/h2-11H,27H2,1H3,(H,28,31)(H,29,30)(H,32,33)(H,34,35,36)(H,37,38,39)(H,40,41,42);;;/q;3*+1/p-3. The van der Waals surface area contributed by atoms with Gasteiger partial charge < -0.3 is 35.1 Å². The van der Waals surface area contributed by atoms with Crippen molar-refractivity contribution in [1.82, 2.24) is 0 Å². The van der Waals surface area contributed by atoms with Crippen LogP contribution in [0.2, 0.25) is 0 Å². The molecule has 4 aromatic rings. The molecule has 4 rings (SSSR count).